The molecule has 0 spiro atoms. The number of hydrogen-bond acceptors (Lipinski definition) is 7. The molecule has 0 radical (unpaired) electrons. The average molecular weight is 577 g/mol. The van der Waals surface area contributed by atoms with Gasteiger partial charge in [0.2, 0.25) is 5.41 Å². The minimum Gasteiger partial charge on any atom is -0.465 e. The van der Waals surface area contributed by atoms with Crippen molar-refractivity contribution >= 4 is 23.5 Å². The van der Waals surface area contributed by atoms with Crippen LogP contribution in [0.2, 0.25) is 0 Å². The Bertz CT molecular complexity index is 1560. The highest BCUT2D eigenvalue weighted by Gasteiger charge is 2.70. The maximum atomic E-state index is 14.5. The van der Waals surface area contributed by atoms with Crippen LogP contribution in [0.15, 0.2) is 115 Å². The standard InChI is InChI=1S/C36H32O7/c1-3-41-34(39)36(35(40)42-4-2)29(31(38)25-16-10-6-11-17-25)32(43-33(36)28-18-12-7-13-19-28)27-22-20-26(21-23-27)30(37)24-14-8-5-9-15-24/h5-23,29,32-33H,3-4H2,1-2H3/t29-,32-,33+/m1/s1. The fraction of sp³-hybridized carbons (Fsp3) is 0.222. The topological polar surface area (TPSA) is 96.0 Å². The number of ether oxygens (including phenoxy) is 3. The number of benzene rings is 4. The van der Waals surface area contributed by atoms with Crippen LogP contribution in [0.4, 0.5) is 0 Å². The normalized spacial score (nSPS) is 18.9. The van der Waals surface area contributed by atoms with Gasteiger partial charge in [-0.2, -0.15) is 0 Å². The zero-order valence-electron chi connectivity index (χ0n) is 24.0. The van der Waals surface area contributed by atoms with E-state index in [0.717, 1.165) is 0 Å². The summed E-state index contributed by atoms with van der Waals surface area (Å²) in [7, 11) is 0. The maximum Gasteiger partial charge on any atom is 0.327 e. The van der Waals surface area contributed by atoms with Crippen LogP contribution >= 0.6 is 0 Å². The van der Waals surface area contributed by atoms with Crippen molar-refractivity contribution in [2.45, 2.75) is 26.1 Å². The third-order valence-electron chi connectivity index (χ3n) is 7.70. The molecular formula is C36H32O7. The van der Waals surface area contributed by atoms with Gasteiger partial charge in [-0.05, 0) is 25.0 Å². The summed E-state index contributed by atoms with van der Waals surface area (Å²) >= 11 is 0. The molecule has 0 aromatic heterocycles. The molecule has 0 saturated carbocycles. The van der Waals surface area contributed by atoms with Crippen LogP contribution in [0.5, 0.6) is 0 Å². The fourth-order valence-electron chi connectivity index (χ4n) is 5.73. The largest absolute Gasteiger partial charge is 0.465 e. The van der Waals surface area contributed by atoms with Crippen molar-refractivity contribution in [1.82, 2.24) is 0 Å². The lowest BCUT2D eigenvalue weighted by molar-refractivity contribution is -0.178. The number of ketones is 2. The van der Waals surface area contributed by atoms with E-state index in [9.17, 15) is 19.2 Å². The molecule has 7 heteroatoms. The Morgan fingerprint density at radius 2 is 1.07 bits per heavy atom. The van der Waals surface area contributed by atoms with Crippen LogP contribution in [0.3, 0.4) is 0 Å². The van der Waals surface area contributed by atoms with Gasteiger partial charge in [0.25, 0.3) is 0 Å². The van der Waals surface area contributed by atoms with Gasteiger partial charge >= 0.3 is 11.9 Å². The second-order valence-corrected chi connectivity index (χ2v) is 10.2. The lowest BCUT2D eigenvalue weighted by Crippen LogP contribution is -2.51. The molecule has 218 valence electrons. The van der Waals surface area contributed by atoms with Crippen molar-refractivity contribution in [3.05, 3.63) is 143 Å². The molecule has 1 heterocycles. The Morgan fingerprint density at radius 1 is 0.605 bits per heavy atom. The van der Waals surface area contributed by atoms with Crippen molar-refractivity contribution in [3.63, 3.8) is 0 Å². The van der Waals surface area contributed by atoms with E-state index in [-0.39, 0.29) is 19.0 Å². The van der Waals surface area contributed by atoms with E-state index in [1.807, 2.05) is 6.07 Å². The molecule has 43 heavy (non-hydrogen) atoms. The predicted molar refractivity (Wildman–Crippen MR) is 159 cm³/mol. The van der Waals surface area contributed by atoms with Crippen LogP contribution in [0.25, 0.3) is 0 Å². The smallest absolute Gasteiger partial charge is 0.327 e. The first kappa shape index (κ1) is 29.6. The number of rotatable bonds is 10. The molecule has 0 unspecified atom stereocenters. The first-order valence-electron chi connectivity index (χ1n) is 14.3. The second-order valence-electron chi connectivity index (χ2n) is 10.2. The Kier molecular flexibility index (Phi) is 8.93. The van der Waals surface area contributed by atoms with E-state index in [1.54, 1.807) is 123 Å². The maximum absolute atomic E-state index is 14.5. The zero-order chi connectivity index (χ0) is 30.4. The number of Topliss-reactive ketones (excluding diaryl/α,β-unsaturated/α-hetero) is 1. The van der Waals surface area contributed by atoms with Gasteiger partial charge in [0, 0.05) is 16.7 Å². The summed E-state index contributed by atoms with van der Waals surface area (Å²) in [5, 5.41) is 0. The molecule has 0 N–H and O–H groups in total. The Hall–Kier alpha value is -4.88. The molecule has 4 aromatic rings. The van der Waals surface area contributed by atoms with E-state index in [0.29, 0.717) is 27.8 Å². The summed E-state index contributed by atoms with van der Waals surface area (Å²) in [6, 6.07) is 32.9. The summed E-state index contributed by atoms with van der Waals surface area (Å²) in [4.78, 5) is 55.7. The molecule has 7 nitrogen and oxygen atoms in total. The summed E-state index contributed by atoms with van der Waals surface area (Å²) in [5.74, 6) is -3.75. The Labute approximate surface area is 250 Å². The molecule has 3 atom stereocenters. The SMILES string of the molecule is CCOC(=O)C1(C(=O)OCC)[C@H](C(=O)c2ccccc2)[C@@H](c2ccc(C(=O)c3ccccc3)cc2)O[C@H]1c1ccccc1. The van der Waals surface area contributed by atoms with Crippen LogP contribution in [-0.2, 0) is 23.8 Å². The molecule has 0 bridgehead atoms. The number of hydrogen-bond donors (Lipinski definition) is 0. The van der Waals surface area contributed by atoms with Gasteiger partial charge in [0.05, 0.1) is 25.2 Å². The molecule has 4 aromatic carbocycles. The minimum absolute atomic E-state index is 0.0191. The summed E-state index contributed by atoms with van der Waals surface area (Å²) in [6.45, 7) is 3.24. The number of esters is 2. The Balaban J connectivity index is 1.69. The van der Waals surface area contributed by atoms with Crippen molar-refractivity contribution in [2.75, 3.05) is 13.2 Å². The highest BCUT2D eigenvalue weighted by molar-refractivity contribution is 6.11. The monoisotopic (exact) mass is 576 g/mol. The van der Waals surface area contributed by atoms with Gasteiger partial charge in [0.15, 0.2) is 11.6 Å². The van der Waals surface area contributed by atoms with Gasteiger partial charge in [0.1, 0.15) is 6.10 Å². The van der Waals surface area contributed by atoms with Crippen LogP contribution in [-0.4, -0.2) is 36.7 Å². The summed E-state index contributed by atoms with van der Waals surface area (Å²) < 4.78 is 17.7. The van der Waals surface area contributed by atoms with Gasteiger partial charge < -0.3 is 14.2 Å². The molecule has 1 aliphatic heterocycles. The van der Waals surface area contributed by atoms with Crippen molar-refractivity contribution in [3.8, 4) is 0 Å². The van der Waals surface area contributed by atoms with Gasteiger partial charge in [-0.3, -0.25) is 19.2 Å². The van der Waals surface area contributed by atoms with E-state index in [1.165, 1.54) is 0 Å². The van der Waals surface area contributed by atoms with Crippen LogP contribution in [0, 0.1) is 11.3 Å². The summed E-state index contributed by atoms with van der Waals surface area (Å²) in [5.41, 5.74) is 0.188. The number of carbonyl (C=O) groups is 4. The predicted octanol–water partition coefficient (Wildman–Crippen LogP) is 6.34. The van der Waals surface area contributed by atoms with Crippen LogP contribution < -0.4 is 0 Å². The molecule has 0 aliphatic carbocycles. The highest BCUT2D eigenvalue weighted by atomic mass is 16.6. The highest BCUT2D eigenvalue weighted by Crippen LogP contribution is 2.59. The third-order valence-corrected chi connectivity index (χ3v) is 7.70. The molecule has 1 aliphatic rings. The van der Waals surface area contributed by atoms with Gasteiger partial charge in [-0.15, -0.1) is 0 Å². The molecule has 0 amide bonds. The van der Waals surface area contributed by atoms with Crippen LogP contribution in [0.1, 0.15) is 63.5 Å². The van der Waals surface area contributed by atoms with E-state index in [2.05, 4.69) is 0 Å². The summed E-state index contributed by atoms with van der Waals surface area (Å²) in [6.07, 6.45) is -2.24. The fourth-order valence-corrected chi connectivity index (χ4v) is 5.73. The zero-order valence-corrected chi connectivity index (χ0v) is 24.0. The average Bonchev–Trinajstić information content (AvgIpc) is 3.43. The molecule has 1 saturated heterocycles. The molecular weight excluding hydrogens is 544 g/mol. The minimum atomic E-state index is -2.15. The van der Waals surface area contributed by atoms with E-state index >= 15 is 0 Å². The van der Waals surface area contributed by atoms with Crippen molar-refractivity contribution in [1.29, 1.82) is 0 Å². The lowest BCUT2D eigenvalue weighted by Gasteiger charge is -2.33. The Morgan fingerprint density at radius 3 is 1.58 bits per heavy atom. The molecule has 5 rings (SSSR count). The number of carbonyl (C=O) groups excluding carboxylic acids is 4. The first-order valence-corrected chi connectivity index (χ1v) is 14.3. The van der Waals surface area contributed by atoms with E-state index in [4.69, 9.17) is 14.2 Å². The van der Waals surface area contributed by atoms with Crippen molar-refractivity contribution < 1.29 is 33.4 Å². The second kappa shape index (κ2) is 13.0. The van der Waals surface area contributed by atoms with Crippen molar-refractivity contribution in [2.24, 2.45) is 11.3 Å². The van der Waals surface area contributed by atoms with Gasteiger partial charge in [-0.25, -0.2) is 0 Å². The quantitative estimate of drug-likeness (QED) is 0.123. The third kappa shape index (κ3) is 5.51. The first-order chi connectivity index (χ1) is 20.9. The molecule has 1 fully saturated rings. The lowest BCUT2D eigenvalue weighted by atomic mass is 9.66. The van der Waals surface area contributed by atoms with Gasteiger partial charge in [-0.1, -0.05) is 115 Å². The van der Waals surface area contributed by atoms with E-state index < -0.39 is 41.3 Å².